The van der Waals surface area contributed by atoms with E-state index < -0.39 is 23.2 Å². The Kier molecular flexibility index (Phi) is 5.71. The Labute approximate surface area is 160 Å². The Morgan fingerprint density at radius 3 is 2.30 bits per heavy atom. The zero-order valence-corrected chi connectivity index (χ0v) is 16.6. The van der Waals surface area contributed by atoms with Crippen LogP contribution in [0.25, 0.3) is 5.57 Å². The number of hydrogen-bond donors (Lipinski definition) is 2. The second-order valence-corrected chi connectivity index (χ2v) is 8.46. The van der Waals surface area contributed by atoms with Crippen LogP contribution in [0.5, 0.6) is 0 Å². The van der Waals surface area contributed by atoms with Crippen molar-refractivity contribution >= 4 is 11.7 Å². The minimum Gasteiger partial charge on any atom is -0.443 e. The third-order valence-corrected chi connectivity index (χ3v) is 4.12. The van der Waals surface area contributed by atoms with Gasteiger partial charge in [-0.3, -0.25) is 0 Å². The molecule has 6 heteroatoms. The van der Waals surface area contributed by atoms with Gasteiger partial charge in [0, 0.05) is 24.1 Å². The van der Waals surface area contributed by atoms with Gasteiger partial charge in [0.25, 0.3) is 0 Å². The molecule has 1 amide bonds. The number of ether oxygens (including phenoxy) is 2. The lowest BCUT2D eigenvalue weighted by atomic mass is 9.82. The van der Waals surface area contributed by atoms with Gasteiger partial charge in [0.05, 0.1) is 5.60 Å². The largest absolute Gasteiger partial charge is 0.443 e. The molecule has 1 aliphatic carbocycles. The van der Waals surface area contributed by atoms with E-state index in [-0.39, 0.29) is 12.8 Å². The second-order valence-electron chi connectivity index (χ2n) is 8.46. The highest BCUT2D eigenvalue weighted by Gasteiger charge is 2.44. The summed E-state index contributed by atoms with van der Waals surface area (Å²) in [6.07, 6.45) is 0.926. The van der Waals surface area contributed by atoms with Crippen molar-refractivity contribution in [2.45, 2.75) is 64.5 Å². The molecule has 2 rings (SSSR count). The van der Waals surface area contributed by atoms with E-state index in [1.165, 1.54) is 0 Å². The normalized spacial score (nSPS) is 21.0. The van der Waals surface area contributed by atoms with E-state index in [1.807, 2.05) is 30.3 Å². The first-order valence-electron chi connectivity index (χ1n) is 8.94. The summed E-state index contributed by atoms with van der Waals surface area (Å²) < 4.78 is 27.2. The van der Waals surface area contributed by atoms with Gasteiger partial charge in [-0.25, -0.2) is 9.18 Å². The van der Waals surface area contributed by atoms with Crippen LogP contribution in [-0.2, 0) is 9.47 Å². The third kappa shape index (κ3) is 5.57. The number of allylic oxidation sites excluding steroid dienone is 1. The van der Waals surface area contributed by atoms with Crippen LogP contribution in [-0.4, -0.2) is 23.2 Å². The van der Waals surface area contributed by atoms with Crippen molar-refractivity contribution in [3.63, 3.8) is 0 Å². The second kappa shape index (κ2) is 7.35. The molecular formula is C21H29FN2O3. The van der Waals surface area contributed by atoms with Crippen LogP contribution in [0, 0.1) is 0 Å². The molecule has 5 nitrogen and oxygen atoms in total. The van der Waals surface area contributed by atoms with Crippen LogP contribution in [0.3, 0.4) is 0 Å². The Morgan fingerprint density at radius 1 is 1.19 bits per heavy atom. The van der Waals surface area contributed by atoms with Gasteiger partial charge in [-0.1, -0.05) is 30.3 Å². The maximum atomic E-state index is 16.2. The van der Waals surface area contributed by atoms with Gasteiger partial charge in [0.1, 0.15) is 5.60 Å². The molecule has 0 fully saturated rings. The number of hydrogen-bond acceptors (Lipinski definition) is 4. The first-order chi connectivity index (χ1) is 12.3. The van der Waals surface area contributed by atoms with Crippen LogP contribution < -0.4 is 11.5 Å². The molecule has 0 aromatic heterocycles. The minimum absolute atomic E-state index is 0.0532. The molecule has 0 bridgehead atoms. The van der Waals surface area contributed by atoms with Gasteiger partial charge in [-0.05, 0) is 51.8 Å². The van der Waals surface area contributed by atoms with Crippen LogP contribution >= 0.6 is 0 Å². The van der Waals surface area contributed by atoms with E-state index in [0.29, 0.717) is 22.4 Å². The maximum Gasteiger partial charge on any atom is 0.405 e. The SMILES string of the molecule is CC(C)(C)OC1(F)CC(CC(C)(C)OC(N)=O)=C(N)C=C1c1ccccc1. The molecule has 1 aliphatic rings. The van der Waals surface area contributed by atoms with Crippen molar-refractivity contribution in [2.24, 2.45) is 11.5 Å². The fourth-order valence-corrected chi connectivity index (χ4v) is 3.32. The number of halogens is 1. The lowest BCUT2D eigenvalue weighted by molar-refractivity contribution is -0.169. The van der Waals surface area contributed by atoms with Crippen molar-refractivity contribution in [1.82, 2.24) is 0 Å². The number of carbonyl (C=O) groups is 1. The van der Waals surface area contributed by atoms with Crippen LogP contribution in [0.4, 0.5) is 9.18 Å². The third-order valence-electron chi connectivity index (χ3n) is 4.12. The van der Waals surface area contributed by atoms with Crippen LogP contribution in [0.15, 0.2) is 47.7 Å². The highest BCUT2D eigenvalue weighted by atomic mass is 19.2. The van der Waals surface area contributed by atoms with E-state index in [9.17, 15) is 4.79 Å². The molecule has 27 heavy (non-hydrogen) atoms. The molecule has 1 aromatic rings. The smallest absolute Gasteiger partial charge is 0.405 e. The highest BCUT2D eigenvalue weighted by molar-refractivity contribution is 5.75. The standard InChI is InChI=1S/C21H29FN2O3/c1-19(2,3)27-21(22)13-15(12-20(4,5)26-18(24)25)17(23)11-16(21)14-9-7-6-8-10-14/h6-11H,12-13,23H2,1-5H3,(H2,24,25). The molecule has 0 saturated heterocycles. The highest BCUT2D eigenvalue weighted by Crippen LogP contribution is 2.45. The number of amides is 1. The van der Waals surface area contributed by atoms with E-state index >= 15 is 4.39 Å². The molecular weight excluding hydrogens is 347 g/mol. The number of alkyl halides is 1. The van der Waals surface area contributed by atoms with Gasteiger partial charge >= 0.3 is 6.09 Å². The molecule has 1 unspecified atom stereocenters. The monoisotopic (exact) mass is 376 g/mol. The van der Waals surface area contributed by atoms with E-state index in [1.54, 1.807) is 40.7 Å². The van der Waals surface area contributed by atoms with Gasteiger partial charge < -0.3 is 20.9 Å². The Balaban J connectivity index is 2.46. The molecule has 0 saturated carbocycles. The van der Waals surface area contributed by atoms with Crippen LogP contribution in [0.1, 0.15) is 53.0 Å². The van der Waals surface area contributed by atoms with E-state index in [2.05, 4.69) is 0 Å². The molecule has 4 N–H and O–H groups in total. The fourth-order valence-electron chi connectivity index (χ4n) is 3.32. The summed E-state index contributed by atoms with van der Waals surface area (Å²) in [5.41, 5.74) is 11.9. The number of benzene rings is 1. The average Bonchev–Trinajstić information content (AvgIpc) is 2.48. The zero-order valence-electron chi connectivity index (χ0n) is 16.6. The maximum absolute atomic E-state index is 16.2. The number of nitrogens with two attached hydrogens (primary N) is 2. The number of carbonyl (C=O) groups excluding carboxylic acids is 1. The predicted octanol–water partition coefficient (Wildman–Crippen LogP) is 4.43. The first-order valence-corrected chi connectivity index (χ1v) is 8.94. The predicted molar refractivity (Wildman–Crippen MR) is 104 cm³/mol. The summed E-state index contributed by atoms with van der Waals surface area (Å²) >= 11 is 0. The topological polar surface area (TPSA) is 87.6 Å². The summed E-state index contributed by atoms with van der Waals surface area (Å²) in [4.78, 5) is 11.1. The van der Waals surface area contributed by atoms with Crippen molar-refractivity contribution in [3.8, 4) is 0 Å². The fraction of sp³-hybridized carbons (Fsp3) is 0.476. The molecule has 1 atom stereocenters. The van der Waals surface area contributed by atoms with Gasteiger partial charge in [0.15, 0.2) is 0 Å². The Hall–Kier alpha value is -2.34. The number of primary amides is 1. The lowest BCUT2D eigenvalue weighted by Crippen LogP contribution is -2.41. The van der Waals surface area contributed by atoms with Crippen molar-refractivity contribution in [1.29, 1.82) is 0 Å². The molecule has 0 spiro atoms. The van der Waals surface area contributed by atoms with Crippen molar-refractivity contribution < 1.29 is 18.7 Å². The summed E-state index contributed by atoms with van der Waals surface area (Å²) in [5, 5.41) is 0. The van der Waals surface area contributed by atoms with Crippen molar-refractivity contribution in [2.75, 3.05) is 0 Å². The summed E-state index contributed by atoms with van der Waals surface area (Å²) in [7, 11) is 0. The molecule has 148 valence electrons. The lowest BCUT2D eigenvalue weighted by Gasteiger charge is -2.39. The van der Waals surface area contributed by atoms with Gasteiger partial charge in [-0.15, -0.1) is 0 Å². The minimum atomic E-state index is -2.05. The van der Waals surface area contributed by atoms with Crippen LogP contribution in [0.2, 0.25) is 0 Å². The quantitative estimate of drug-likeness (QED) is 0.796. The molecule has 0 radical (unpaired) electrons. The van der Waals surface area contributed by atoms with E-state index in [4.69, 9.17) is 20.9 Å². The molecule has 0 aliphatic heterocycles. The zero-order chi connectivity index (χ0) is 20.5. The number of rotatable bonds is 5. The molecule has 1 aromatic carbocycles. The van der Waals surface area contributed by atoms with Gasteiger partial charge in [-0.2, -0.15) is 0 Å². The Morgan fingerprint density at radius 2 is 1.78 bits per heavy atom. The average molecular weight is 376 g/mol. The van der Waals surface area contributed by atoms with E-state index in [0.717, 1.165) is 0 Å². The summed E-state index contributed by atoms with van der Waals surface area (Å²) in [6, 6.07) is 9.20. The Bertz CT molecular complexity index is 763. The van der Waals surface area contributed by atoms with Gasteiger partial charge in [0.2, 0.25) is 5.85 Å². The summed E-state index contributed by atoms with van der Waals surface area (Å²) in [6.45, 7) is 8.83. The van der Waals surface area contributed by atoms with Crippen molar-refractivity contribution in [3.05, 3.63) is 53.2 Å². The molecule has 0 heterocycles. The first kappa shape index (κ1) is 21.0. The summed E-state index contributed by atoms with van der Waals surface area (Å²) in [5.74, 6) is -2.05.